The highest BCUT2D eigenvalue weighted by atomic mass is 16.4. The number of rotatable bonds is 22. The summed E-state index contributed by atoms with van der Waals surface area (Å²) in [6.07, 6.45) is 21.5. The third-order valence-electron chi connectivity index (χ3n) is 7.62. The summed E-state index contributed by atoms with van der Waals surface area (Å²) >= 11 is 0. The first kappa shape index (κ1) is 31.9. The fourth-order valence-corrected chi connectivity index (χ4v) is 4.37. The number of carboxylic acids is 1. The Morgan fingerprint density at radius 2 is 1.12 bits per heavy atom. The quantitative estimate of drug-likeness (QED) is 0.119. The topological polar surface area (TPSA) is 69.2 Å². The number of likely N-dealkylation sites (N-methyl/N-ethyl adjacent to an activating group) is 1. The summed E-state index contributed by atoms with van der Waals surface area (Å²) in [5.41, 5.74) is -1.08. The summed E-state index contributed by atoms with van der Waals surface area (Å²) in [5, 5.41) is 14.8. The van der Waals surface area contributed by atoms with Crippen LogP contribution in [0, 0.1) is 0 Å². The highest BCUT2D eigenvalue weighted by molar-refractivity contribution is 5.76. The van der Waals surface area contributed by atoms with E-state index in [2.05, 4.69) is 19.2 Å². The fraction of sp³-hybridized carbons (Fsp3) is 0.929. The van der Waals surface area contributed by atoms with E-state index in [0.29, 0.717) is 6.42 Å². The van der Waals surface area contributed by atoms with Crippen LogP contribution >= 0.6 is 0 Å². The zero-order valence-corrected chi connectivity index (χ0v) is 23.0. The molecule has 1 atom stereocenters. The van der Waals surface area contributed by atoms with Crippen LogP contribution in [0.4, 0.5) is 0 Å². The lowest BCUT2D eigenvalue weighted by molar-refractivity contribution is -0.955. The molecule has 0 aromatic carbocycles. The van der Waals surface area contributed by atoms with Gasteiger partial charge < -0.3 is 15.2 Å². The lowest BCUT2D eigenvalue weighted by Gasteiger charge is -2.49. The molecule has 0 rings (SSSR count). The van der Waals surface area contributed by atoms with Crippen LogP contribution in [0.5, 0.6) is 0 Å². The molecule has 33 heavy (non-hydrogen) atoms. The molecule has 196 valence electrons. The van der Waals surface area contributed by atoms with E-state index in [4.69, 9.17) is 0 Å². The van der Waals surface area contributed by atoms with E-state index in [0.717, 1.165) is 25.7 Å². The maximum Gasteiger partial charge on any atom is 0.224 e. The third kappa shape index (κ3) is 13.4. The van der Waals surface area contributed by atoms with Gasteiger partial charge in [0, 0.05) is 12.8 Å². The highest BCUT2D eigenvalue weighted by Gasteiger charge is 2.44. The van der Waals surface area contributed by atoms with Crippen molar-refractivity contribution < 1.29 is 19.2 Å². The minimum Gasteiger partial charge on any atom is -0.544 e. The second-order valence-electron chi connectivity index (χ2n) is 11.0. The van der Waals surface area contributed by atoms with E-state index in [1.165, 1.54) is 83.5 Å². The Balaban J connectivity index is 3.90. The van der Waals surface area contributed by atoms with Gasteiger partial charge in [0.2, 0.25) is 5.91 Å². The highest BCUT2D eigenvalue weighted by Crippen LogP contribution is 2.25. The Labute approximate surface area is 205 Å². The number of unbranched alkanes of at least 4 members (excludes halogenated alkanes) is 14. The first-order chi connectivity index (χ1) is 15.6. The Hall–Kier alpha value is -1.10. The fourth-order valence-electron chi connectivity index (χ4n) is 4.37. The van der Waals surface area contributed by atoms with Crippen molar-refractivity contribution in [3.63, 3.8) is 0 Å². The molecule has 0 aliphatic rings. The largest absolute Gasteiger partial charge is 0.544 e. The van der Waals surface area contributed by atoms with Crippen molar-refractivity contribution in [2.75, 3.05) is 14.1 Å². The van der Waals surface area contributed by atoms with Gasteiger partial charge in [0.1, 0.15) is 11.5 Å². The van der Waals surface area contributed by atoms with Crippen molar-refractivity contribution in [2.45, 2.75) is 155 Å². The summed E-state index contributed by atoms with van der Waals surface area (Å²) in [7, 11) is 3.73. The minimum atomic E-state index is -1.09. The number of carbonyl (C=O) groups is 2. The van der Waals surface area contributed by atoms with Gasteiger partial charge in [0.15, 0.2) is 6.17 Å². The Morgan fingerprint density at radius 1 is 0.727 bits per heavy atom. The molecule has 1 amide bonds. The molecule has 5 nitrogen and oxygen atoms in total. The van der Waals surface area contributed by atoms with Gasteiger partial charge in [-0.3, -0.25) is 9.28 Å². The molecular weight excluding hydrogens is 412 g/mol. The van der Waals surface area contributed by atoms with Gasteiger partial charge in [-0.2, -0.15) is 0 Å². The summed E-state index contributed by atoms with van der Waals surface area (Å²) in [6.45, 7) is 7.67. The van der Waals surface area contributed by atoms with Crippen molar-refractivity contribution in [1.29, 1.82) is 0 Å². The molecule has 0 fully saturated rings. The molecule has 1 N–H and O–H groups in total. The lowest BCUT2D eigenvalue weighted by Crippen LogP contribution is -2.71. The number of hydrogen-bond donors (Lipinski definition) is 1. The molecule has 0 aromatic rings. The molecule has 0 aliphatic heterocycles. The lowest BCUT2D eigenvalue weighted by atomic mass is 9.98. The molecule has 0 spiro atoms. The Kier molecular flexibility index (Phi) is 17.6. The standard InChI is InChI=1S/C28H56N2O3/c1-7-9-10-11-12-13-14-15-16-17-18-19-20-21-22-24-26(31)29-25(23-8-2)30(5,6)28(3,4)27(32)33/h25H,7-24H2,1-6H3,(H-,29,31,32,33). The van der Waals surface area contributed by atoms with Gasteiger partial charge in [-0.25, -0.2) is 0 Å². The third-order valence-corrected chi connectivity index (χ3v) is 7.62. The number of carboxylic acid groups (broad SMARTS) is 1. The Morgan fingerprint density at radius 3 is 1.48 bits per heavy atom. The smallest absolute Gasteiger partial charge is 0.224 e. The molecule has 0 aliphatic carbocycles. The second kappa shape index (κ2) is 18.3. The van der Waals surface area contributed by atoms with Crippen LogP contribution in [-0.2, 0) is 9.59 Å². The average molecular weight is 469 g/mol. The summed E-state index contributed by atoms with van der Waals surface area (Å²) in [6, 6.07) is 0. The zero-order valence-electron chi connectivity index (χ0n) is 23.0. The SMILES string of the molecule is CCCCCCCCCCCCCCCCCC(=O)NC(CCC)[N+](C)(C)C(C)(C)C(=O)[O-]. The second-order valence-corrected chi connectivity index (χ2v) is 11.0. The monoisotopic (exact) mass is 468 g/mol. The van der Waals surface area contributed by atoms with Crippen LogP contribution in [0.2, 0.25) is 0 Å². The predicted octanol–water partition coefficient (Wildman–Crippen LogP) is 6.10. The van der Waals surface area contributed by atoms with Crippen LogP contribution in [0.25, 0.3) is 0 Å². The van der Waals surface area contributed by atoms with Crippen LogP contribution in [0.15, 0.2) is 0 Å². The number of nitrogens with one attached hydrogen (secondary N) is 1. The minimum absolute atomic E-state index is 0.0310. The van der Waals surface area contributed by atoms with Gasteiger partial charge in [-0.1, -0.05) is 104 Å². The first-order valence-electron chi connectivity index (χ1n) is 14.0. The average Bonchev–Trinajstić information content (AvgIpc) is 2.75. The van der Waals surface area contributed by atoms with E-state index in [9.17, 15) is 14.7 Å². The molecule has 0 bridgehead atoms. The zero-order chi connectivity index (χ0) is 25.2. The summed E-state index contributed by atoms with van der Waals surface area (Å²) in [4.78, 5) is 24.2. The molecule has 0 aromatic heterocycles. The molecule has 0 heterocycles. The van der Waals surface area contributed by atoms with E-state index in [1.807, 2.05) is 14.1 Å². The van der Waals surface area contributed by atoms with Crippen molar-refractivity contribution in [1.82, 2.24) is 5.32 Å². The molecule has 0 saturated heterocycles. The summed E-state index contributed by atoms with van der Waals surface area (Å²) < 4.78 is 0.174. The Bertz CT molecular complexity index is 517. The van der Waals surface area contributed by atoms with Crippen LogP contribution in [-0.4, -0.2) is 42.2 Å². The van der Waals surface area contributed by atoms with Gasteiger partial charge in [-0.15, -0.1) is 0 Å². The van der Waals surface area contributed by atoms with Gasteiger partial charge in [0.25, 0.3) is 0 Å². The van der Waals surface area contributed by atoms with Gasteiger partial charge in [0.05, 0.1) is 14.1 Å². The molecular formula is C28H56N2O3. The first-order valence-corrected chi connectivity index (χ1v) is 14.0. The molecule has 0 saturated carbocycles. The maximum atomic E-state index is 12.5. The molecule has 5 heteroatoms. The van der Waals surface area contributed by atoms with E-state index >= 15 is 0 Å². The van der Waals surface area contributed by atoms with Crippen molar-refractivity contribution in [3.8, 4) is 0 Å². The van der Waals surface area contributed by atoms with Gasteiger partial charge in [-0.05, 0) is 26.7 Å². The van der Waals surface area contributed by atoms with Crippen LogP contribution in [0.3, 0.4) is 0 Å². The van der Waals surface area contributed by atoms with Crippen molar-refractivity contribution in [3.05, 3.63) is 0 Å². The van der Waals surface area contributed by atoms with Crippen molar-refractivity contribution in [2.24, 2.45) is 0 Å². The molecule has 1 unspecified atom stereocenters. The van der Waals surface area contributed by atoms with Crippen LogP contribution < -0.4 is 10.4 Å². The number of nitrogens with zero attached hydrogens (tertiary/aromatic N) is 1. The number of aliphatic carboxylic acids is 1. The van der Waals surface area contributed by atoms with Crippen molar-refractivity contribution >= 4 is 11.9 Å². The van der Waals surface area contributed by atoms with Crippen LogP contribution in [0.1, 0.15) is 143 Å². The maximum absolute atomic E-state index is 12.5. The van der Waals surface area contributed by atoms with E-state index in [1.54, 1.807) is 13.8 Å². The number of amides is 1. The number of quaternary nitrogens is 1. The van der Waals surface area contributed by atoms with Gasteiger partial charge >= 0.3 is 0 Å². The molecule has 0 radical (unpaired) electrons. The predicted molar refractivity (Wildman–Crippen MR) is 138 cm³/mol. The van der Waals surface area contributed by atoms with E-state index in [-0.39, 0.29) is 16.6 Å². The summed E-state index contributed by atoms with van der Waals surface area (Å²) in [5.74, 6) is -1.06. The van der Waals surface area contributed by atoms with E-state index < -0.39 is 11.5 Å². The number of carbonyl (C=O) groups excluding carboxylic acids is 2. The number of hydrogen-bond acceptors (Lipinski definition) is 3. The normalized spacial score (nSPS) is 13.2.